The summed E-state index contributed by atoms with van der Waals surface area (Å²) in [6.45, 7) is 0.786. The molecule has 0 bridgehead atoms. The Morgan fingerprint density at radius 2 is 1.95 bits per heavy atom. The van der Waals surface area contributed by atoms with Gasteiger partial charge < -0.3 is 4.74 Å². The van der Waals surface area contributed by atoms with Gasteiger partial charge in [0.15, 0.2) is 0 Å². The first kappa shape index (κ1) is 19.0. The van der Waals surface area contributed by atoms with Crippen LogP contribution < -0.4 is 4.74 Å². The summed E-state index contributed by atoms with van der Waals surface area (Å²) in [4.78, 5) is 3.82. The molecule has 8 heteroatoms. The zero-order valence-electron chi connectivity index (χ0n) is 10.7. The van der Waals surface area contributed by atoms with E-state index >= 15 is 0 Å². The molecule has 1 aromatic carbocycles. The van der Waals surface area contributed by atoms with E-state index in [4.69, 9.17) is 11.6 Å². The molecule has 2 rings (SSSR count). The third-order valence-corrected chi connectivity index (χ3v) is 2.48. The van der Waals surface area contributed by atoms with Crippen LogP contribution in [0.1, 0.15) is 5.56 Å². The number of aromatic nitrogens is 1. The van der Waals surface area contributed by atoms with Gasteiger partial charge >= 0.3 is 47.1 Å². The Hall–Kier alpha value is -0.0966. The molecule has 2 nitrogen and oxygen atoms in total. The summed E-state index contributed by atoms with van der Waals surface area (Å²) in [5.41, 5.74) is 1.69. The standard InChI is InChI=1S/C13H9ClF2NO.2BrH.Zn/c1-8-5-11(9-3-2-4-10(14)6-9)12(17-7-8)18-13(15)16;;;/h2-7,13H,1H2;2*1H;/q;;;+2/p-2. The van der Waals surface area contributed by atoms with Crippen LogP contribution in [0.15, 0.2) is 36.5 Å². The van der Waals surface area contributed by atoms with Crippen molar-refractivity contribution in [2.24, 2.45) is 0 Å². The molecule has 0 spiro atoms. The molecule has 0 fully saturated rings. The summed E-state index contributed by atoms with van der Waals surface area (Å²) in [6, 6.07) is 8.42. The van der Waals surface area contributed by atoms with Crippen LogP contribution in [-0.4, -0.2) is 11.6 Å². The monoisotopic (exact) mass is 490 g/mol. The summed E-state index contributed by atoms with van der Waals surface area (Å²) in [5, 5.41) is 0.505. The number of hydrogen-bond acceptors (Lipinski definition) is 2. The second-order valence-electron chi connectivity index (χ2n) is 3.69. The molecule has 0 N–H and O–H groups in total. The van der Waals surface area contributed by atoms with Crippen LogP contribution in [0.25, 0.3) is 11.1 Å². The van der Waals surface area contributed by atoms with Gasteiger partial charge in [-0.25, -0.2) is 4.98 Å². The quantitative estimate of drug-likeness (QED) is 0.499. The molecule has 2 aromatic rings. The largest absolute Gasteiger partial charge is 0.416 e. The number of pyridine rings is 1. The molecule has 1 aromatic heterocycles. The first-order chi connectivity index (χ1) is 9.97. The van der Waals surface area contributed by atoms with Crippen LogP contribution in [0.2, 0.25) is 5.02 Å². The molecule has 0 aliphatic rings. The van der Waals surface area contributed by atoms with E-state index in [-0.39, 0.29) is 19.1 Å². The van der Waals surface area contributed by atoms with Crippen molar-refractivity contribution in [2.75, 3.05) is 0 Å². The molecular formula is C13H9Br2ClF2NOZn. The number of rotatable bonds is 3. The second-order valence-corrected chi connectivity index (χ2v) is 18.2. The van der Waals surface area contributed by atoms with Gasteiger partial charge in [-0.3, -0.25) is 0 Å². The van der Waals surface area contributed by atoms with Gasteiger partial charge in [0.1, 0.15) is 0 Å². The van der Waals surface area contributed by atoms with Gasteiger partial charge in [0.05, 0.1) is 0 Å². The SMILES string of the molecule is [Br][Zn][Br].[CH2]c1cnc(OC(F)F)c(-c2cccc(Cl)c2)c1. The van der Waals surface area contributed by atoms with Crippen molar-refractivity contribution in [3.8, 4) is 17.0 Å². The minimum atomic E-state index is -2.92. The van der Waals surface area contributed by atoms with Crippen molar-refractivity contribution in [3.05, 3.63) is 54.0 Å². The molecule has 0 saturated carbocycles. The smallest absolute Gasteiger partial charge is 0.388 e. The number of ether oxygens (including phenoxy) is 1. The Morgan fingerprint density at radius 1 is 1.29 bits per heavy atom. The molecule has 0 amide bonds. The Morgan fingerprint density at radius 3 is 2.52 bits per heavy atom. The summed E-state index contributed by atoms with van der Waals surface area (Å²) < 4.78 is 29.0. The molecule has 0 saturated heterocycles. The summed E-state index contributed by atoms with van der Waals surface area (Å²) in [6.07, 6.45) is 1.37. The Bertz CT molecular complexity index is 590. The molecule has 21 heavy (non-hydrogen) atoms. The first-order valence-electron chi connectivity index (χ1n) is 5.62. The molecule has 0 aliphatic heterocycles. The van der Waals surface area contributed by atoms with Crippen molar-refractivity contribution in [1.82, 2.24) is 4.98 Å². The van der Waals surface area contributed by atoms with E-state index in [0.29, 0.717) is 21.7 Å². The van der Waals surface area contributed by atoms with Crippen LogP contribution in [0.5, 0.6) is 5.88 Å². The van der Waals surface area contributed by atoms with Crippen molar-refractivity contribution < 1.29 is 26.7 Å². The normalized spacial score (nSPS) is 9.67. The number of benzene rings is 1. The van der Waals surface area contributed by atoms with E-state index in [9.17, 15) is 8.78 Å². The van der Waals surface area contributed by atoms with Crippen LogP contribution >= 0.6 is 38.8 Å². The minimum Gasteiger partial charge on any atom is -0.416 e. The Balaban J connectivity index is 0.000000677. The van der Waals surface area contributed by atoms with Gasteiger partial charge in [-0.2, -0.15) is 8.78 Å². The number of hydrogen-bond donors (Lipinski definition) is 0. The second kappa shape index (κ2) is 9.83. The van der Waals surface area contributed by atoms with Gasteiger partial charge in [0.25, 0.3) is 0 Å². The van der Waals surface area contributed by atoms with E-state index < -0.39 is 6.61 Å². The fourth-order valence-corrected chi connectivity index (χ4v) is 1.73. The molecule has 0 aliphatic carbocycles. The predicted molar refractivity (Wildman–Crippen MR) is 83.6 cm³/mol. The fourth-order valence-electron chi connectivity index (χ4n) is 1.54. The van der Waals surface area contributed by atoms with E-state index in [2.05, 4.69) is 43.9 Å². The van der Waals surface area contributed by atoms with Gasteiger partial charge in [-0.1, -0.05) is 23.7 Å². The number of nitrogens with zero attached hydrogens (tertiary/aromatic N) is 1. The Labute approximate surface area is 147 Å². The van der Waals surface area contributed by atoms with Gasteiger partial charge in [0.2, 0.25) is 5.88 Å². The molecule has 0 unspecified atom stereocenters. The van der Waals surface area contributed by atoms with Crippen LogP contribution in [0.4, 0.5) is 8.78 Å². The number of alkyl halides is 2. The Kier molecular flexibility index (Phi) is 8.87. The third kappa shape index (κ3) is 6.68. The maximum absolute atomic E-state index is 12.3. The third-order valence-electron chi connectivity index (χ3n) is 2.24. The molecular weight excluding hydrogens is 485 g/mol. The van der Waals surface area contributed by atoms with Gasteiger partial charge in [-0.05, 0) is 36.2 Å². The predicted octanol–water partition coefficient (Wildman–Crippen LogP) is 5.87. The van der Waals surface area contributed by atoms with Crippen molar-refractivity contribution in [2.45, 2.75) is 6.61 Å². The maximum Gasteiger partial charge on any atom is 0.388 e. The van der Waals surface area contributed by atoms with Gasteiger partial charge in [-0.15, -0.1) is 0 Å². The molecule has 0 atom stereocenters. The maximum atomic E-state index is 12.3. The van der Waals surface area contributed by atoms with E-state index in [0.717, 1.165) is 0 Å². The number of halogens is 5. The average molecular weight is 494 g/mol. The van der Waals surface area contributed by atoms with Crippen molar-refractivity contribution in [1.29, 1.82) is 0 Å². The molecule has 1 heterocycles. The van der Waals surface area contributed by atoms with Crippen molar-refractivity contribution in [3.63, 3.8) is 0 Å². The fraction of sp³-hybridized carbons (Fsp3) is 0.0769. The van der Waals surface area contributed by atoms with Crippen LogP contribution in [0.3, 0.4) is 0 Å². The molecule has 109 valence electrons. The minimum absolute atomic E-state index is 0.139. The zero-order valence-corrected chi connectivity index (χ0v) is 17.6. The first-order valence-corrected chi connectivity index (χ1v) is 19.9. The summed E-state index contributed by atoms with van der Waals surface area (Å²) >= 11 is 12.1. The summed E-state index contributed by atoms with van der Waals surface area (Å²) in [5.74, 6) is -0.139. The zero-order chi connectivity index (χ0) is 15.8. The van der Waals surface area contributed by atoms with E-state index in [1.807, 2.05) is 0 Å². The van der Waals surface area contributed by atoms with E-state index in [1.54, 1.807) is 30.3 Å². The van der Waals surface area contributed by atoms with Crippen LogP contribution in [0, 0.1) is 6.92 Å². The average Bonchev–Trinajstić information content (AvgIpc) is 2.41. The topological polar surface area (TPSA) is 22.1 Å². The summed E-state index contributed by atoms with van der Waals surface area (Å²) in [7, 11) is 0. The van der Waals surface area contributed by atoms with Gasteiger partial charge in [0, 0.05) is 16.8 Å². The van der Waals surface area contributed by atoms with Crippen molar-refractivity contribution >= 4 is 38.8 Å². The molecule has 1 radical (unpaired) electrons. The van der Waals surface area contributed by atoms with Crippen LogP contribution in [-0.2, 0) is 13.2 Å². The van der Waals surface area contributed by atoms with E-state index in [1.165, 1.54) is 6.20 Å².